The van der Waals surface area contributed by atoms with Crippen LogP contribution < -0.4 is 10.6 Å². The molecule has 8 nitrogen and oxygen atoms in total. The minimum absolute atomic E-state index is 0.0272. The second kappa shape index (κ2) is 12.4. The zero-order valence-electron chi connectivity index (χ0n) is 16.1. The first kappa shape index (κ1) is 23.9. The van der Waals surface area contributed by atoms with Crippen LogP contribution in [0.1, 0.15) is 28.9 Å². The summed E-state index contributed by atoms with van der Waals surface area (Å²) in [6, 6.07) is 7.42. The Labute approximate surface area is 188 Å². The molecule has 2 amide bonds. The van der Waals surface area contributed by atoms with Gasteiger partial charge in [0.25, 0.3) is 5.91 Å². The highest BCUT2D eigenvalue weighted by Crippen LogP contribution is 2.25. The van der Waals surface area contributed by atoms with E-state index in [0.717, 1.165) is 5.56 Å². The first-order valence-electron chi connectivity index (χ1n) is 8.91. The highest BCUT2D eigenvalue weighted by atomic mass is 35.5. The summed E-state index contributed by atoms with van der Waals surface area (Å²) in [5, 5.41) is 6.29. The highest BCUT2D eigenvalue weighted by molar-refractivity contribution is 7.98. The predicted octanol–water partition coefficient (Wildman–Crippen LogP) is 2.87. The van der Waals surface area contributed by atoms with Crippen molar-refractivity contribution in [2.75, 3.05) is 20.2 Å². The summed E-state index contributed by atoms with van der Waals surface area (Å²) in [7, 11) is 1.28. The molecule has 0 saturated carbocycles. The van der Waals surface area contributed by atoms with Gasteiger partial charge in [0.05, 0.1) is 24.8 Å². The molecule has 0 unspecified atom stereocenters. The average Bonchev–Trinajstić information content (AvgIpc) is 2.73. The third-order valence-corrected chi connectivity index (χ3v) is 5.32. The van der Waals surface area contributed by atoms with Gasteiger partial charge in [0.15, 0.2) is 10.9 Å². The molecule has 0 atom stereocenters. The van der Waals surface area contributed by atoms with Crippen molar-refractivity contribution < 1.29 is 19.1 Å². The molecule has 30 heavy (non-hydrogen) atoms. The average molecular weight is 471 g/mol. The zero-order valence-corrected chi connectivity index (χ0v) is 18.4. The van der Waals surface area contributed by atoms with E-state index in [-0.39, 0.29) is 42.6 Å². The summed E-state index contributed by atoms with van der Waals surface area (Å²) in [5.41, 5.74) is 0.950. The van der Waals surface area contributed by atoms with Gasteiger partial charge >= 0.3 is 5.97 Å². The number of carbonyl (C=O) groups excluding carboxylic acids is 3. The van der Waals surface area contributed by atoms with Crippen molar-refractivity contribution in [2.24, 2.45) is 0 Å². The largest absolute Gasteiger partial charge is 0.469 e. The summed E-state index contributed by atoms with van der Waals surface area (Å²) in [6.45, 7) is 0.258. The van der Waals surface area contributed by atoms with E-state index in [2.05, 4.69) is 25.3 Å². The van der Waals surface area contributed by atoms with Gasteiger partial charge in [0.1, 0.15) is 0 Å². The van der Waals surface area contributed by atoms with E-state index >= 15 is 0 Å². The van der Waals surface area contributed by atoms with Crippen LogP contribution in [-0.2, 0) is 20.1 Å². The van der Waals surface area contributed by atoms with E-state index < -0.39 is 11.9 Å². The van der Waals surface area contributed by atoms with Gasteiger partial charge in [0.2, 0.25) is 5.91 Å². The molecule has 0 saturated heterocycles. The molecule has 2 rings (SSSR count). The van der Waals surface area contributed by atoms with Gasteiger partial charge in [-0.05, 0) is 11.6 Å². The molecule has 2 aromatic rings. The second-order valence-corrected chi connectivity index (χ2v) is 7.67. The van der Waals surface area contributed by atoms with Gasteiger partial charge in [-0.3, -0.25) is 14.4 Å². The number of halogens is 2. The Morgan fingerprint density at radius 3 is 2.53 bits per heavy atom. The van der Waals surface area contributed by atoms with Gasteiger partial charge in [-0.25, -0.2) is 9.97 Å². The number of hydrogen-bond donors (Lipinski definition) is 2. The fourth-order valence-corrected chi connectivity index (χ4v) is 3.48. The van der Waals surface area contributed by atoms with E-state index in [1.807, 2.05) is 18.2 Å². The number of amides is 2. The van der Waals surface area contributed by atoms with Crippen LogP contribution in [0.3, 0.4) is 0 Å². The Hall–Kier alpha value is -2.36. The van der Waals surface area contributed by atoms with Crippen molar-refractivity contribution in [3.8, 4) is 0 Å². The molecule has 0 aliphatic heterocycles. The molecule has 160 valence electrons. The van der Waals surface area contributed by atoms with Crippen LogP contribution in [0, 0.1) is 0 Å². The number of benzene rings is 1. The van der Waals surface area contributed by atoms with Crippen molar-refractivity contribution in [1.82, 2.24) is 20.6 Å². The summed E-state index contributed by atoms with van der Waals surface area (Å²) in [6.07, 6.45) is 1.49. The number of nitrogens with one attached hydrogen (secondary N) is 2. The van der Waals surface area contributed by atoms with Crippen LogP contribution in [0.5, 0.6) is 0 Å². The zero-order chi connectivity index (χ0) is 21.9. The third-order valence-electron chi connectivity index (χ3n) is 3.77. The molecule has 0 aliphatic rings. The van der Waals surface area contributed by atoms with Crippen LogP contribution in [0.25, 0.3) is 0 Å². The minimum atomic E-state index is -0.510. The number of esters is 1. The van der Waals surface area contributed by atoms with E-state index in [1.54, 1.807) is 6.07 Å². The Balaban J connectivity index is 1.83. The first-order chi connectivity index (χ1) is 14.4. The molecule has 1 heterocycles. The standard InChI is InChI=1S/C19H20Cl2N4O4S/c1-29-16(27)7-9-22-15(26)6-8-23-18(28)17-14(21)10-24-19(25-17)30-11-12-4-2-3-5-13(12)20/h2-5,10H,6-9,11H2,1H3,(H,22,26)(H,23,28). The lowest BCUT2D eigenvalue weighted by atomic mass is 10.2. The van der Waals surface area contributed by atoms with Crippen molar-refractivity contribution in [3.63, 3.8) is 0 Å². The fraction of sp³-hybridized carbons (Fsp3) is 0.316. The summed E-state index contributed by atoms with van der Waals surface area (Å²) >= 11 is 13.5. The number of aromatic nitrogens is 2. The maximum atomic E-state index is 12.4. The molecular weight excluding hydrogens is 451 g/mol. The van der Waals surface area contributed by atoms with Crippen LogP contribution in [-0.4, -0.2) is 48.0 Å². The van der Waals surface area contributed by atoms with Crippen molar-refractivity contribution in [2.45, 2.75) is 23.8 Å². The fourth-order valence-electron chi connectivity index (χ4n) is 2.21. The number of thioether (sulfide) groups is 1. The van der Waals surface area contributed by atoms with Crippen molar-refractivity contribution in [3.05, 3.63) is 51.8 Å². The van der Waals surface area contributed by atoms with E-state index in [0.29, 0.717) is 15.9 Å². The van der Waals surface area contributed by atoms with Crippen LogP contribution in [0.2, 0.25) is 10.0 Å². The van der Waals surface area contributed by atoms with E-state index in [1.165, 1.54) is 25.1 Å². The monoisotopic (exact) mass is 470 g/mol. The summed E-state index contributed by atoms with van der Waals surface area (Å²) in [4.78, 5) is 43.4. The van der Waals surface area contributed by atoms with Gasteiger partial charge in [-0.2, -0.15) is 0 Å². The predicted molar refractivity (Wildman–Crippen MR) is 115 cm³/mol. The van der Waals surface area contributed by atoms with Gasteiger partial charge < -0.3 is 15.4 Å². The normalized spacial score (nSPS) is 10.4. The van der Waals surface area contributed by atoms with Crippen LogP contribution >= 0.6 is 35.0 Å². The maximum Gasteiger partial charge on any atom is 0.307 e. The van der Waals surface area contributed by atoms with Crippen molar-refractivity contribution in [1.29, 1.82) is 0 Å². The third kappa shape index (κ3) is 7.81. The second-order valence-electron chi connectivity index (χ2n) is 5.91. The summed E-state index contributed by atoms with van der Waals surface area (Å²) < 4.78 is 4.48. The minimum Gasteiger partial charge on any atom is -0.469 e. The Kier molecular flexibility index (Phi) is 9.85. The lowest BCUT2D eigenvalue weighted by Gasteiger charge is -2.08. The van der Waals surface area contributed by atoms with Crippen molar-refractivity contribution >= 4 is 52.7 Å². The topological polar surface area (TPSA) is 110 Å². The number of hydrogen-bond acceptors (Lipinski definition) is 7. The lowest BCUT2D eigenvalue weighted by molar-refractivity contribution is -0.140. The Morgan fingerprint density at radius 2 is 1.80 bits per heavy atom. The molecule has 1 aromatic heterocycles. The number of methoxy groups -OCH3 is 1. The number of carbonyl (C=O) groups is 3. The molecule has 0 spiro atoms. The van der Waals surface area contributed by atoms with Crippen LogP contribution in [0.15, 0.2) is 35.6 Å². The van der Waals surface area contributed by atoms with Gasteiger partial charge in [0, 0.05) is 30.3 Å². The van der Waals surface area contributed by atoms with Crippen LogP contribution in [0.4, 0.5) is 0 Å². The van der Waals surface area contributed by atoms with Gasteiger partial charge in [-0.15, -0.1) is 0 Å². The maximum absolute atomic E-state index is 12.4. The number of ether oxygens (including phenoxy) is 1. The molecule has 0 radical (unpaired) electrons. The number of rotatable bonds is 10. The van der Waals surface area contributed by atoms with E-state index in [9.17, 15) is 14.4 Å². The molecule has 2 N–H and O–H groups in total. The smallest absolute Gasteiger partial charge is 0.307 e. The Morgan fingerprint density at radius 1 is 1.07 bits per heavy atom. The quantitative estimate of drug-likeness (QED) is 0.312. The van der Waals surface area contributed by atoms with E-state index in [4.69, 9.17) is 23.2 Å². The SMILES string of the molecule is COC(=O)CCNC(=O)CCNC(=O)c1nc(SCc2ccccc2Cl)ncc1Cl. The molecule has 0 aliphatic carbocycles. The molecule has 0 fully saturated rings. The number of nitrogens with zero attached hydrogens (tertiary/aromatic N) is 2. The molecule has 11 heteroatoms. The summed E-state index contributed by atoms with van der Waals surface area (Å²) in [5.74, 6) is -0.688. The molecule has 0 bridgehead atoms. The Bertz CT molecular complexity index is 914. The highest BCUT2D eigenvalue weighted by Gasteiger charge is 2.15. The lowest BCUT2D eigenvalue weighted by Crippen LogP contribution is -2.32. The first-order valence-corrected chi connectivity index (χ1v) is 10.6. The van der Waals surface area contributed by atoms with Gasteiger partial charge in [-0.1, -0.05) is 53.2 Å². The molecular formula is C19H20Cl2N4O4S. The molecule has 1 aromatic carbocycles.